The van der Waals surface area contributed by atoms with Crippen LogP contribution < -0.4 is 0 Å². The zero-order chi connectivity index (χ0) is 9.10. The Kier molecular flexibility index (Phi) is 2.41. The van der Waals surface area contributed by atoms with Gasteiger partial charge in [-0.05, 0) is 18.2 Å². The largest absolute Gasteiger partial charge is 0.256 e. The number of halogens is 1. The van der Waals surface area contributed by atoms with Crippen molar-refractivity contribution in [2.24, 2.45) is 0 Å². The molecule has 63 valence electrons. The molecule has 0 fully saturated rings. The second kappa shape index (κ2) is 3.71. The van der Waals surface area contributed by atoms with Crippen LogP contribution in [0.5, 0.6) is 0 Å². The molecule has 2 heteroatoms. The summed E-state index contributed by atoms with van der Waals surface area (Å²) in [6.07, 6.45) is 1.68. The smallest absolute Gasteiger partial charge is 0.0702 e. The molecule has 0 amide bonds. The van der Waals surface area contributed by atoms with E-state index in [1.807, 2.05) is 36.4 Å². The molecule has 13 heavy (non-hydrogen) atoms. The SMILES string of the molecule is Brc1ccc(-c2cc[c]cn2)cc1. The molecule has 1 aromatic heterocycles. The zero-order valence-electron chi connectivity index (χ0n) is 6.87. The molecule has 0 aliphatic heterocycles. The topological polar surface area (TPSA) is 12.9 Å². The summed E-state index contributed by atoms with van der Waals surface area (Å²) < 4.78 is 1.08. The van der Waals surface area contributed by atoms with Gasteiger partial charge in [-0.3, -0.25) is 4.98 Å². The third-order valence-corrected chi connectivity index (χ3v) is 2.28. The van der Waals surface area contributed by atoms with Gasteiger partial charge in [-0.2, -0.15) is 0 Å². The van der Waals surface area contributed by atoms with Gasteiger partial charge in [-0.25, -0.2) is 0 Å². The Morgan fingerprint density at radius 3 is 2.46 bits per heavy atom. The van der Waals surface area contributed by atoms with Gasteiger partial charge in [0.15, 0.2) is 0 Å². The van der Waals surface area contributed by atoms with Gasteiger partial charge in [0.1, 0.15) is 0 Å². The highest BCUT2D eigenvalue weighted by Gasteiger charge is 1.96. The molecule has 2 aromatic rings. The molecule has 1 aromatic carbocycles. The van der Waals surface area contributed by atoms with E-state index in [2.05, 4.69) is 27.0 Å². The van der Waals surface area contributed by atoms with E-state index >= 15 is 0 Å². The summed E-state index contributed by atoms with van der Waals surface area (Å²) >= 11 is 3.39. The fraction of sp³-hybridized carbons (Fsp3) is 0. The number of pyridine rings is 1. The predicted octanol–water partition coefficient (Wildman–Crippen LogP) is 3.31. The molecule has 0 atom stereocenters. The molecule has 0 saturated carbocycles. The van der Waals surface area contributed by atoms with Crippen LogP contribution in [0.3, 0.4) is 0 Å². The molecule has 0 saturated heterocycles. The van der Waals surface area contributed by atoms with Gasteiger partial charge in [0.25, 0.3) is 0 Å². The molecule has 0 N–H and O–H groups in total. The monoisotopic (exact) mass is 232 g/mol. The van der Waals surface area contributed by atoms with Crippen LogP contribution in [0.4, 0.5) is 0 Å². The van der Waals surface area contributed by atoms with E-state index in [0.717, 1.165) is 15.7 Å². The second-order valence-electron chi connectivity index (χ2n) is 2.65. The highest BCUT2D eigenvalue weighted by atomic mass is 79.9. The summed E-state index contributed by atoms with van der Waals surface area (Å²) in [7, 11) is 0. The molecular weight excluding hydrogens is 226 g/mol. The van der Waals surface area contributed by atoms with E-state index in [0.29, 0.717) is 0 Å². The van der Waals surface area contributed by atoms with Crippen molar-refractivity contribution >= 4 is 15.9 Å². The summed E-state index contributed by atoms with van der Waals surface area (Å²) in [5.74, 6) is 0. The van der Waals surface area contributed by atoms with Crippen LogP contribution in [-0.4, -0.2) is 4.98 Å². The number of rotatable bonds is 1. The minimum absolute atomic E-state index is 0.978. The van der Waals surface area contributed by atoms with Crippen LogP contribution in [0.1, 0.15) is 0 Å². The molecule has 0 unspecified atom stereocenters. The number of benzene rings is 1. The van der Waals surface area contributed by atoms with E-state index in [1.54, 1.807) is 6.20 Å². The molecule has 1 heterocycles. The fourth-order valence-corrected chi connectivity index (χ4v) is 1.38. The molecule has 0 spiro atoms. The van der Waals surface area contributed by atoms with Gasteiger partial charge >= 0.3 is 0 Å². The Bertz CT molecular complexity index is 381. The van der Waals surface area contributed by atoms with Gasteiger partial charge in [-0.15, -0.1) is 0 Å². The Balaban J connectivity index is 2.42. The summed E-state index contributed by atoms with van der Waals surface area (Å²) in [5.41, 5.74) is 2.10. The zero-order valence-corrected chi connectivity index (χ0v) is 8.45. The van der Waals surface area contributed by atoms with E-state index in [-0.39, 0.29) is 0 Å². The van der Waals surface area contributed by atoms with E-state index in [1.165, 1.54) is 0 Å². The molecule has 0 aliphatic carbocycles. The van der Waals surface area contributed by atoms with E-state index < -0.39 is 0 Å². The van der Waals surface area contributed by atoms with Gasteiger partial charge < -0.3 is 0 Å². The van der Waals surface area contributed by atoms with Gasteiger partial charge in [0, 0.05) is 22.3 Å². The summed E-state index contributed by atoms with van der Waals surface area (Å²) in [6, 6.07) is 14.8. The summed E-state index contributed by atoms with van der Waals surface area (Å²) in [4.78, 5) is 4.21. The lowest BCUT2D eigenvalue weighted by molar-refractivity contribution is 1.32. The second-order valence-corrected chi connectivity index (χ2v) is 3.57. The lowest BCUT2D eigenvalue weighted by Crippen LogP contribution is -1.80. The fourth-order valence-electron chi connectivity index (χ4n) is 1.11. The van der Waals surface area contributed by atoms with Crippen molar-refractivity contribution in [1.82, 2.24) is 4.98 Å². The average Bonchev–Trinajstić information content (AvgIpc) is 2.20. The molecule has 0 bridgehead atoms. The quantitative estimate of drug-likeness (QED) is 0.736. The van der Waals surface area contributed by atoms with Crippen molar-refractivity contribution in [3.8, 4) is 11.3 Å². The third-order valence-electron chi connectivity index (χ3n) is 1.76. The van der Waals surface area contributed by atoms with Crippen molar-refractivity contribution < 1.29 is 0 Å². The first-order valence-electron chi connectivity index (χ1n) is 3.94. The Morgan fingerprint density at radius 2 is 1.85 bits per heavy atom. The van der Waals surface area contributed by atoms with E-state index in [9.17, 15) is 0 Å². The maximum atomic E-state index is 4.21. The summed E-state index contributed by atoms with van der Waals surface area (Å²) in [5, 5.41) is 0. The maximum Gasteiger partial charge on any atom is 0.0702 e. The Hall–Kier alpha value is -1.15. The number of hydrogen-bond donors (Lipinski definition) is 0. The van der Waals surface area contributed by atoms with Crippen LogP contribution in [-0.2, 0) is 0 Å². The maximum absolute atomic E-state index is 4.21. The normalized spacial score (nSPS) is 9.92. The first-order chi connectivity index (χ1) is 6.36. The first kappa shape index (κ1) is 8.45. The number of nitrogens with zero attached hydrogens (tertiary/aromatic N) is 1. The van der Waals surface area contributed by atoms with Crippen LogP contribution in [0, 0.1) is 6.07 Å². The van der Waals surface area contributed by atoms with Crippen LogP contribution in [0.15, 0.2) is 47.1 Å². The minimum atomic E-state index is 0.978. The molecule has 2 rings (SSSR count). The van der Waals surface area contributed by atoms with Crippen LogP contribution >= 0.6 is 15.9 Å². The van der Waals surface area contributed by atoms with Gasteiger partial charge in [0.2, 0.25) is 0 Å². The van der Waals surface area contributed by atoms with Gasteiger partial charge in [0.05, 0.1) is 5.69 Å². The van der Waals surface area contributed by atoms with Gasteiger partial charge in [-0.1, -0.05) is 34.1 Å². The molecular formula is C11H7BrN. The molecule has 1 radical (unpaired) electrons. The molecule has 1 nitrogen and oxygen atoms in total. The minimum Gasteiger partial charge on any atom is -0.256 e. The van der Waals surface area contributed by atoms with Crippen molar-refractivity contribution in [2.45, 2.75) is 0 Å². The van der Waals surface area contributed by atoms with Crippen molar-refractivity contribution in [3.05, 3.63) is 53.1 Å². The lowest BCUT2D eigenvalue weighted by atomic mass is 10.1. The number of aromatic nitrogens is 1. The van der Waals surface area contributed by atoms with E-state index in [4.69, 9.17) is 0 Å². The Morgan fingerprint density at radius 1 is 1.08 bits per heavy atom. The average molecular weight is 233 g/mol. The highest BCUT2D eigenvalue weighted by Crippen LogP contribution is 2.18. The standard InChI is InChI=1S/C11H7BrN/c12-10-6-4-9(5-7-10)11-3-1-2-8-13-11/h1,3-8H. The van der Waals surface area contributed by atoms with Crippen LogP contribution in [0.2, 0.25) is 0 Å². The van der Waals surface area contributed by atoms with Crippen LogP contribution in [0.25, 0.3) is 11.3 Å². The predicted molar refractivity (Wildman–Crippen MR) is 56.2 cm³/mol. The lowest BCUT2D eigenvalue weighted by Gasteiger charge is -1.98. The van der Waals surface area contributed by atoms with Crippen molar-refractivity contribution in [2.75, 3.05) is 0 Å². The third kappa shape index (κ3) is 1.95. The summed E-state index contributed by atoms with van der Waals surface area (Å²) in [6.45, 7) is 0. The van der Waals surface area contributed by atoms with Crippen molar-refractivity contribution in [3.63, 3.8) is 0 Å². The first-order valence-corrected chi connectivity index (χ1v) is 4.73. The highest BCUT2D eigenvalue weighted by molar-refractivity contribution is 9.10. The Labute approximate surface area is 85.6 Å². The molecule has 0 aliphatic rings. The number of hydrogen-bond acceptors (Lipinski definition) is 1. The van der Waals surface area contributed by atoms with Crippen molar-refractivity contribution in [1.29, 1.82) is 0 Å².